The number of hydrogen-bond donors (Lipinski definition) is 1. The van der Waals surface area contributed by atoms with E-state index in [1.54, 1.807) is 25.3 Å². The van der Waals surface area contributed by atoms with Crippen LogP contribution in [0.25, 0.3) is 22.4 Å². The number of nitrogens with zero attached hydrogens (tertiary/aromatic N) is 1. The molecule has 1 aliphatic rings. The Hall–Kier alpha value is -3.52. The number of carbonyl (C=O) groups excluding carboxylic acids is 1. The fraction of sp³-hybridized carbons (Fsp3) is 0.100. The van der Waals surface area contributed by atoms with Crippen molar-refractivity contribution in [1.29, 1.82) is 0 Å². The van der Waals surface area contributed by atoms with Gasteiger partial charge in [0.05, 0.1) is 7.11 Å². The number of furan rings is 1. The Morgan fingerprint density at radius 2 is 2.04 bits per heavy atom. The molecule has 0 saturated heterocycles. The highest BCUT2D eigenvalue weighted by atomic mass is 32.1. The second-order valence-electron chi connectivity index (χ2n) is 6.07. The summed E-state index contributed by atoms with van der Waals surface area (Å²) in [6, 6.07) is 12.5. The zero-order valence-electron chi connectivity index (χ0n) is 14.7. The van der Waals surface area contributed by atoms with Gasteiger partial charge in [-0.25, -0.2) is 4.98 Å². The summed E-state index contributed by atoms with van der Waals surface area (Å²) in [5.41, 5.74) is 1.87. The molecule has 0 fully saturated rings. The van der Waals surface area contributed by atoms with Crippen LogP contribution in [-0.2, 0) is 0 Å². The van der Waals surface area contributed by atoms with Gasteiger partial charge in [0, 0.05) is 16.3 Å². The summed E-state index contributed by atoms with van der Waals surface area (Å²) in [7, 11) is 1.62. The molecule has 140 valence electrons. The summed E-state index contributed by atoms with van der Waals surface area (Å²) in [6.07, 6.45) is 0. The summed E-state index contributed by atoms with van der Waals surface area (Å²) in [4.78, 5) is 17.0. The molecule has 3 heterocycles. The number of carbonyl (C=O) groups is 1. The fourth-order valence-electron chi connectivity index (χ4n) is 2.93. The van der Waals surface area contributed by atoms with E-state index in [4.69, 9.17) is 18.6 Å². The van der Waals surface area contributed by atoms with Crippen LogP contribution in [0.15, 0.2) is 52.3 Å². The minimum absolute atomic E-state index is 0.166. The second-order valence-corrected chi connectivity index (χ2v) is 6.93. The van der Waals surface area contributed by atoms with Crippen molar-refractivity contribution in [2.24, 2.45) is 0 Å². The Bertz CT molecular complexity index is 1200. The van der Waals surface area contributed by atoms with Crippen molar-refractivity contribution in [3.8, 4) is 28.7 Å². The summed E-state index contributed by atoms with van der Waals surface area (Å²) in [5, 5.41) is 6.05. The first-order chi connectivity index (χ1) is 13.7. The summed E-state index contributed by atoms with van der Waals surface area (Å²) in [6.45, 7) is 0.166. The summed E-state index contributed by atoms with van der Waals surface area (Å²) in [5.74, 6) is 2.31. The minimum Gasteiger partial charge on any atom is -0.497 e. The number of benzene rings is 2. The largest absolute Gasteiger partial charge is 0.497 e. The Morgan fingerprint density at radius 3 is 2.93 bits per heavy atom. The molecular weight excluding hydrogens is 380 g/mol. The Balaban J connectivity index is 1.36. The normalized spacial score (nSPS) is 12.3. The average Bonchev–Trinajstić information content (AvgIpc) is 3.45. The third-order valence-corrected chi connectivity index (χ3v) is 5.09. The first-order valence-corrected chi connectivity index (χ1v) is 9.32. The lowest BCUT2D eigenvalue weighted by atomic mass is 10.2. The second kappa shape index (κ2) is 6.58. The van der Waals surface area contributed by atoms with Crippen LogP contribution in [0.2, 0.25) is 0 Å². The van der Waals surface area contributed by atoms with Crippen LogP contribution in [0.1, 0.15) is 10.4 Å². The molecule has 1 aliphatic heterocycles. The van der Waals surface area contributed by atoms with E-state index in [-0.39, 0.29) is 12.7 Å². The van der Waals surface area contributed by atoms with Gasteiger partial charge in [0.2, 0.25) is 6.79 Å². The molecule has 0 saturated carbocycles. The van der Waals surface area contributed by atoms with Crippen molar-refractivity contribution in [2.45, 2.75) is 0 Å². The van der Waals surface area contributed by atoms with Crippen molar-refractivity contribution >= 4 is 33.3 Å². The number of anilines is 1. The zero-order valence-corrected chi connectivity index (χ0v) is 15.5. The molecular formula is C20H14N2O5S. The van der Waals surface area contributed by atoms with E-state index < -0.39 is 0 Å². The number of amides is 1. The van der Waals surface area contributed by atoms with Gasteiger partial charge in [0.15, 0.2) is 22.4 Å². The van der Waals surface area contributed by atoms with E-state index in [0.717, 1.165) is 16.7 Å². The number of rotatable bonds is 4. The van der Waals surface area contributed by atoms with E-state index in [9.17, 15) is 4.79 Å². The van der Waals surface area contributed by atoms with E-state index in [1.807, 2.05) is 29.6 Å². The van der Waals surface area contributed by atoms with E-state index in [0.29, 0.717) is 33.6 Å². The molecule has 0 bridgehead atoms. The SMILES string of the molecule is COc1ccc2oc(-c3csc(NC(=O)c4ccc5c(c4)OCO5)n3)cc2c1. The van der Waals surface area contributed by atoms with Crippen LogP contribution in [-0.4, -0.2) is 24.8 Å². The number of aromatic nitrogens is 1. The monoisotopic (exact) mass is 394 g/mol. The molecule has 1 amide bonds. The molecule has 8 heteroatoms. The third kappa shape index (κ3) is 2.93. The van der Waals surface area contributed by atoms with Gasteiger partial charge in [-0.1, -0.05) is 0 Å². The first kappa shape index (κ1) is 16.6. The highest BCUT2D eigenvalue weighted by Crippen LogP contribution is 2.34. The molecule has 2 aromatic carbocycles. The van der Waals surface area contributed by atoms with Gasteiger partial charge in [-0.2, -0.15) is 0 Å². The van der Waals surface area contributed by atoms with Crippen LogP contribution in [0.4, 0.5) is 5.13 Å². The number of ether oxygens (including phenoxy) is 3. The van der Waals surface area contributed by atoms with Crippen molar-refractivity contribution in [3.63, 3.8) is 0 Å². The van der Waals surface area contributed by atoms with Gasteiger partial charge in [-0.3, -0.25) is 10.1 Å². The first-order valence-electron chi connectivity index (χ1n) is 8.44. The van der Waals surface area contributed by atoms with Crippen LogP contribution in [0.5, 0.6) is 17.2 Å². The van der Waals surface area contributed by atoms with Crippen molar-refractivity contribution in [3.05, 3.63) is 53.4 Å². The third-order valence-electron chi connectivity index (χ3n) is 4.34. The molecule has 5 rings (SSSR count). The topological polar surface area (TPSA) is 82.8 Å². The van der Waals surface area contributed by atoms with Gasteiger partial charge in [0.25, 0.3) is 5.91 Å². The molecule has 0 spiro atoms. The highest BCUT2D eigenvalue weighted by molar-refractivity contribution is 7.14. The smallest absolute Gasteiger partial charge is 0.257 e. The quantitative estimate of drug-likeness (QED) is 0.547. The molecule has 28 heavy (non-hydrogen) atoms. The molecule has 0 aliphatic carbocycles. The van der Waals surface area contributed by atoms with E-state index in [1.165, 1.54) is 11.3 Å². The van der Waals surface area contributed by atoms with Gasteiger partial charge in [0.1, 0.15) is 17.0 Å². The molecule has 0 radical (unpaired) electrons. The maximum Gasteiger partial charge on any atom is 0.257 e. The van der Waals surface area contributed by atoms with E-state index >= 15 is 0 Å². The van der Waals surface area contributed by atoms with Gasteiger partial charge in [-0.05, 0) is 42.5 Å². The molecule has 1 N–H and O–H groups in total. The Morgan fingerprint density at radius 1 is 1.14 bits per heavy atom. The Labute approximate surface area is 163 Å². The van der Waals surface area contributed by atoms with E-state index in [2.05, 4.69) is 10.3 Å². The van der Waals surface area contributed by atoms with Crippen molar-refractivity contribution in [1.82, 2.24) is 4.98 Å². The Kier molecular flexibility index (Phi) is 3.91. The van der Waals surface area contributed by atoms with Gasteiger partial charge in [-0.15, -0.1) is 11.3 Å². The lowest BCUT2D eigenvalue weighted by Gasteiger charge is -2.03. The zero-order chi connectivity index (χ0) is 19.1. The van der Waals surface area contributed by atoms with Gasteiger partial charge < -0.3 is 18.6 Å². The molecule has 0 unspecified atom stereocenters. The standard InChI is InChI=1S/C20H14N2O5S/c1-24-13-3-5-15-12(6-13)8-17(27-15)14-9-28-20(21-14)22-19(23)11-2-4-16-18(7-11)26-10-25-16/h2-9H,10H2,1H3,(H,21,22,23). The van der Waals surface area contributed by atoms with Crippen molar-refractivity contribution in [2.75, 3.05) is 19.2 Å². The maximum atomic E-state index is 12.5. The van der Waals surface area contributed by atoms with Crippen molar-refractivity contribution < 1.29 is 23.4 Å². The number of nitrogens with one attached hydrogen (secondary N) is 1. The fourth-order valence-corrected chi connectivity index (χ4v) is 3.62. The van der Waals surface area contributed by atoms with Gasteiger partial charge >= 0.3 is 0 Å². The predicted octanol–water partition coefficient (Wildman–Crippen LogP) is 4.55. The lowest BCUT2D eigenvalue weighted by Crippen LogP contribution is -2.11. The number of hydrogen-bond acceptors (Lipinski definition) is 7. The summed E-state index contributed by atoms with van der Waals surface area (Å²) < 4.78 is 21.7. The molecule has 4 aromatic rings. The molecule has 2 aromatic heterocycles. The minimum atomic E-state index is -0.270. The molecule has 7 nitrogen and oxygen atoms in total. The van der Waals surface area contributed by atoms with Crippen LogP contribution in [0.3, 0.4) is 0 Å². The average molecular weight is 394 g/mol. The molecule has 0 atom stereocenters. The van der Waals surface area contributed by atoms with Crippen LogP contribution < -0.4 is 19.5 Å². The lowest BCUT2D eigenvalue weighted by molar-refractivity contribution is 0.102. The summed E-state index contributed by atoms with van der Waals surface area (Å²) >= 11 is 1.33. The number of fused-ring (bicyclic) bond motifs is 2. The highest BCUT2D eigenvalue weighted by Gasteiger charge is 2.17. The number of thiazole rings is 1. The van der Waals surface area contributed by atoms with Crippen LogP contribution >= 0.6 is 11.3 Å². The van der Waals surface area contributed by atoms with Crippen LogP contribution in [0, 0.1) is 0 Å². The maximum absolute atomic E-state index is 12.5. The number of methoxy groups -OCH3 is 1. The predicted molar refractivity (Wildman–Crippen MR) is 104 cm³/mol.